The third-order valence-electron chi connectivity index (χ3n) is 3.91. The number of fused-ring (bicyclic) bond motifs is 1. The summed E-state index contributed by atoms with van der Waals surface area (Å²) in [6.45, 7) is 3.92. The molecule has 0 saturated carbocycles. The van der Waals surface area contributed by atoms with Gasteiger partial charge in [-0.2, -0.15) is 0 Å². The zero-order chi connectivity index (χ0) is 13.4. The van der Waals surface area contributed by atoms with Gasteiger partial charge in [0.05, 0.1) is 12.3 Å². The summed E-state index contributed by atoms with van der Waals surface area (Å²) >= 11 is 1.46. The summed E-state index contributed by atoms with van der Waals surface area (Å²) in [5, 5.41) is 11.3. The van der Waals surface area contributed by atoms with E-state index >= 15 is 0 Å². The van der Waals surface area contributed by atoms with Crippen molar-refractivity contribution in [3.63, 3.8) is 0 Å². The van der Waals surface area contributed by atoms with Crippen LogP contribution in [0.4, 0.5) is 0 Å². The Morgan fingerprint density at radius 1 is 1.58 bits per heavy atom. The second-order valence-electron chi connectivity index (χ2n) is 5.13. The predicted molar refractivity (Wildman–Crippen MR) is 74.4 cm³/mol. The minimum Gasteiger partial charge on any atom is -0.395 e. The number of aliphatic hydroxyl groups is 1. The molecule has 19 heavy (non-hydrogen) atoms. The lowest BCUT2D eigenvalue weighted by atomic mass is 10.0. The molecule has 2 unspecified atom stereocenters. The highest BCUT2D eigenvalue weighted by atomic mass is 32.1. The lowest BCUT2D eigenvalue weighted by Gasteiger charge is -2.24. The van der Waals surface area contributed by atoms with E-state index in [9.17, 15) is 9.90 Å². The molecule has 1 aliphatic rings. The first-order chi connectivity index (χ1) is 9.19. The molecule has 3 rings (SSSR count). The van der Waals surface area contributed by atoms with Gasteiger partial charge in [0, 0.05) is 30.2 Å². The van der Waals surface area contributed by atoms with Gasteiger partial charge in [-0.3, -0.25) is 14.1 Å². The molecule has 0 radical (unpaired) electrons. The van der Waals surface area contributed by atoms with Gasteiger partial charge >= 0.3 is 0 Å². The summed E-state index contributed by atoms with van der Waals surface area (Å²) in [5.41, 5.74) is 0.758. The summed E-state index contributed by atoms with van der Waals surface area (Å²) in [4.78, 5) is 19.4. The minimum atomic E-state index is -0.0333. The Balaban J connectivity index is 1.87. The molecule has 3 heterocycles. The largest absolute Gasteiger partial charge is 0.395 e. The van der Waals surface area contributed by atoms with Gasteiger partial charge in [0.25, 0.3) is 5.56 Å². The van der Waals surface area contributed by atoms with Crippen LogP contribution in [-0.4, -0.2) is 38.6 Å². The maximum absolute atomic E-state index is 11.9. The lowest BCUT2D eigenvalue weighted by Crippen LogP contribution is -2.35. The fourth-order valence-corrected chi connectivity index (χ4v) is 3.49. The second-order valence-corrected chi connectivity index (χ2v) is 6.00. The van der Waals surface area contributed by atoms with E-state index in [0.717, 1.165) is 23.6 Å². The Morgan fingerprint density at radius 2 is 2.42 bits per heavy atom. The maximum Gasteiger partial charge on any atom is 0.258 e. The number of aromatic nitrogens is 2. The van der Waals surface area contributed by atoms with E-state index in [4.69, 9.17) is 0 Å². The number of thiazole rings is 1. The van der Waals surface area contributed by atoms with Gasteiger partial charge in [0.2, 0.25) is 0 Å². The van der Waals surface area contributed by atoms with Crippen LogP contribution in [0.25, 0.3) is 4.96 Å². The van der Waals surface area contributed by atoms with Crippen LogP contribution >= 0.6 is 11.3 Å². The average Bonchev–Trinajstić information content (AvgIpc) is 2.97. The second kappa shape index (κ2) is 5.03. The average molecular weight is 279 g/mol. The molecule has 2 atom stereocenters. The van der Waals surface area contributed by atoms with Crippen LogP contribution in [0.2, 0.25) is 0 Å². The van der Waals surface area contributed by atoms with Crippen LogP contribution in [-0.2, 0) is 6.54 Å². The summed E-state index contributed by atoms with van der Waals surface area (Å²) in [6.07, 6.45) is 2.83. The van der Waals surface area contributed by atoms with Crippen LogP contribution in [0, 0.1) is 5.92 Å². The van der Waals surface area contributed by atoms with E-state index < -0.39 is 0 Å². The Kier molecular flexibility index (Phi) is 3.38. The van der Waals surface area contributed by atoms with E-state index in [-0.39, 0.29) is 18.2 Å². The minimum absolute atomic E-state index is 0.0333. The van der Waals surface area contributed by atoms with Crippen molar-refractivity contribution in [3.05, 3.63) is 33.7 Å². The molecule has 1 N–H and O–H groups in total. The molecule has 2 aromatic rings. The van der Waals surface area contributed by atoms with Gasteiger partial charge in [-0.1, -0.05) is 6.92 Å². The Labute approximate surface area is 115 Å². The van der Waals surface area contributed by atoms with Crippen molar-refractivity contribution in [2.45, 2.75) is 25.9 Å². The van der Waals surface area contributed by atoms with Gasteiger partial charge in [-0.25, -0.2) is 4.98 Å². The zero-order valence-electron chi connectivity index (χ0n) is 10.8. The standard InChI is InChI=1S/C13H17N3O2S/c1-9-2-3-15(11(9)8-17)7-10-6-12(18)16-4-5-19-13(16)14-10/h4-6,9,11,17H,2-3,7-8H2,1H3. The highest BCUT2D eigenvalue weighted by molar-refractivity contribution is 7.15. The van der Waals surface area contributed by atoms with Gasteiger partial charge in [0.1, 0.15) is 0 Å². The van der Waals surface area contributed by atoms with Crippen LogP contribution in [0.15, 0.2) is 22.4 Å². The maximum atomic E-state index is 11.9. The third-order valence-corrected chi connectivity index (χ3v) is 4.66. The smallest absolute Gasteiger partial charge is 0.258 e. The van der Waals surface area contributed by atoms with E-state index in [2.05, 4.69) is 16.8 Å². The van der Waals surface area contributed by atoms with E-state index in [1.807, 2.05) is 5.38 Å². The number of nitrogens with zero attached hydrogens (tertiary/aromatic N) is 3. The molecule has 102 valence electrons. The van der Waals surface area contributed by atoms with Crippen molar-refractivity contribution in [1.29, 1.82) is 0 Å². The first-order valence-corrected chi connectivity index (χ1v) is 7.37. The van der Waals surface area contributed by atoms with E-state index in [1.165, 1.54) is 11.3 Å². The summed E-state index contributed by atoms with van der Waals surface area (Å²) in [6, 6.07) is 1.78. The summed E-state index contributed by atoms with van der Waals surface area (Å²) in [7, 11) is 0. The van der Waals surface area contributed by atoms with Gasteiger partial charge in [-0.05, 0) is 18.9 Å². The van der Waals surface area contributed by atoms with Crippen molar-refractivity contribution in [2.75, 3.05) is 13.2 Å². The monoisotopic (exact) mass is 279 g/mol. The van der Waals surface area contributed by atoms with Crippen molar-refractivity contribution in [1.82, 2.24) is 14.3 Å². The molecular weight excluding hydrogens is 262 g/mol. The van der Waals surface area contributed by atoms with Crippen molar-refractivity contribution in [3.8, 4) is 0 Å². The van der Waals surface area contributed by atoms with Crippen LogP contribution in [0.1, 0.15) is 19.0 Å². The number of aliphatic hydroxyl groups excluding tert-OH is 1. The van der Waals surface area contributed by atoms with Gasteiger partial charge in [-0.15, -0.1) is 11.3 Å². The van der Waals surface area contributed by atoms with Crippen molar-refractivity contribution >= 4 is 16.3 Å². The SMILES string of the molecule is CC1CCN(Cc2cc(=O)n3ccsc3n2)C1CO. The highest BCUT2D eigenvalue weighted by Crippen LogP contribution is 2.24. The molecule has 0 aromatic carbocycles. The molecule has 0 spiro atoms. The summed E-state index contributed by atoms with van der Waals surface area (Å²) in [5.74, 6) is 0.497. The molecule has 0 bridgehead atoms. The number of hydrogen-bond acceptors (Lipinski definition) is 5. The molecular formula is C13H17N3O2S. The molecule has 5 nitrogen and oxygen atoms in total. The predicted octanol–water partition coefficient (Wildman–Crippen LogP) is 0.959. The molecule has 1 aliphatic heterocycles. The fourth-order valence-electron chi connectivity index (χ4n) is 2.76. The topological polar surface area (TPSA) is 57.8 Å². The zero-order valence-corrected chi connectivity index (χ0v) is 11.6. The third kappa shape index (κ3) is 2.31. The molecule has 0 amide bonds. The van der Waals surface area contributed by atoms with Gasteiger partial charge in [0.15, 0.2) is 4.96 Å². The fraction of sp³-hybridized carbons (Fsp3) is 0.538. The molecule has 1 fully saturated rings. The van der Waals surface area contributed by atoms with E-state index in [1.54, 1.807) is 16.7 Å². The summed E-state index contributed by atoms with van der Waals surface area (Å²) < 4.78 is 1.56. The Hall–Kier alpha value is -1.24. The first-order valence-electron chi connectivity index (χ1n) is 6.49. The number of rotatable bonds is 3. The normalized spacial score (nSPS) is 24.3. The van der Waals surface area contributed by atoms with Crippen LogP contribution in [0.3, 0.4) is 0 Å². The highest BCUT2D eigenvalue weighted by Gasteiger charge is 2.30. The van der Waals surface area contributed by atoms with Crippen molar-refractivity contribution in [2.24, 2.45) is 5.92 Å². The number of likely N-dealkylation sites (tertiary alicyclic amines) is 1. The Morgan fingerprint density at radius 3 is 3.21 bits per heavy atom. The van der Waals surface area contributed by atoms with Crippen molar-refractivity contribution < 1.29 is 5.11 Å². The molecule has 0 aliphatic carbocycles. The first kappa shape index (κ1) is 12.8. The Bertz CT molecular complexity index is 636. The lowest BCUT2D eigenvalue weighted by molar-refractivity contribution is 0.133. The van der Waals surface area contributed by atoms with E-state index in [0.29, 0.717) is 12.5 Å². The quantitative estimate of drug-likeness (QED) is 0.909. The molecule has 2 aromatic heterocycles. The van der Waals surface area contributed by atoms with Crippen LogP contribution < -0.4 is 5.56 Å². The molecule has 1 saturated heterocycles. The number of hydrogen-bond donors (Lipinski definition) is 1. The molecule has 6 heteroatoms. The van der Waals surface area contributed by atoms with Gasteiger partial charge < -0.3 is 5.11 Å². The van der Waals surface area contributed by atoms with Crippen LogP contribution in [0.5, 0.6) is 0 Å².